The van der Waals surface area contributed by atoms with Gasteiger partial charge in [-0.05, 0) is 55.3 Å². The molecular formula is C23H22N4O. The van der Waals surface area contributed by atoms with Gasteiger partial charge in [0.25, 0.3) is 0 Å². The van der Waals surface area contributed by atoms with Gasteiger partial charge in [-0.1, -0.05) is 31.0 Å². The van der Waals surface area contributed by atoms with Crippen molar-refractivity contribution in [3.63, 3.8) is 0 Å². The second kappa shape index (κ2) is 7.00. The number of anilines is 1. The van der Waals surface area contributed by atoms with Gasteiger partial charge in [0.05, 0.1) is 16.9 Å². The van der Waals surface area contributed by atoms with Crippen LogP contribution in [0.4, 0.5) is 5.82 Å². The lowest BCUT2D eigenvalue weighted by atomic mass is 9.99. The average molecular weight is 370 g/mol. The minimum Gasteiger partial charge on any atom is -0.457 e. The van der Waals surface area contributed by atoms with Crippen molar-refractivity contribution >= 4 is 16.7 Å². The number of H-pyrrole nitrogens is 1. The smallest absolute Gasteiger partial charge is 0.153 e. The molecule has 4 aromatic rings. The number of hydrogen-bond acceptors (Lipinski definition) is 4. The molecule has 2 aromatic heterocycles. The van der Waals surface area contributed by atoms with Gasteiger partial charge in [0.1, 0.15) is 11.5 Å². The molecule has 5 rings (SSSR count). The Morgan fingerprint density at radius 3 is 2.39 bits per heavy atom. The summed E-state index contributed by atoms with van der Waals surface area (Å²) >= 11 is 0. The standard InChI is InChI=1S/C23H22N4O/c24-23-19-14-20(25-21(22(19)26-27-23)16-6-4-5-7-16)15-10-12-18(13-11-15)28-17-8-2-1-3-9-17/h1-3,8-14,16H,4-7H2,(H3,24,26,27). The van der Waals surface area contributed by atoms with Crippen molar-refractivity contribution in [2.45, 2.75) is 31.6 Å². The Bertz CT molecular complexity index is 1100. The normalized spacial score (nSPS) is 14.6. The highest BCUT2D eigenvalue weighted by atomic mass is 16.5. The number of fused-ring (bicyclic) bond motifs is 1. The Labute approximate surface area is 163 Å². The highest BCUT2D eigenvalue weighted by molar-refractivity contribution is 5.93. The molecule has 28 heavy (non-hydrogen) atoms. The summed E-state index contributed by atoms with van der Waals surface area (Å²) in [6, 6.07) is 19.8. The highest BCUT2D eigenvalue weighted by Gasteiger charge is 2.23. The second-order valence-electron chi connectivity index (χ2n) is 7.35. The van der Waals surface area contributed by atoms with Gasteiger partial charge in [-0.15, -0.1) is 0 Å². The maximum atomic E-state index is 6.11. The Balaban J connectivity index is 1.51. The maximum absolute atomic E-state index is 6.11. The third-order valence-electron chi connectivity index (χ3n) is 5.48. The van der Waals surface area contributed by atoms with E-state index in [1.54, 1.807) is 0 Å². The van der Waals surface area contributed by atoms with Crippen LogP contribution in [0.3, 0.4) is 0 Å². The van der Waals surface area contributed by atoms with Gasteiger partial charge in [-0.2, -0.15) is 5.10 Å². The van der Waals surface area contributed by atoms with Crippen LogP contribution in [0, 0.1) is 0 Å². The fourth-order valence-corrected chi connectivity index (χ4v) is 4.02. The number of hydrogen-bond donors (Lipinski definition) is 2. The molecule has 140 valence electrons. The zero-order chi connectivity index (χ0) is 18.9. The molecule has 1 saturated carbocycles. The highest BCUT2D eigenvalue weighted by Crippen LogP contribution is 2.38. The van der Waals surface area contributed by atoms with E-state index in [1.807, 2.05) is 60.7 Å². The van der Waals surface area contributed by atoms with E-state index in [0.29, 0.717) is 11.7 Å². The summed E-state index contributed by atoms with van der Waals surface area (Å²) in [5.74, 6) is 2.63. The van der Waals surface area contributed by atoms with Crippen molar-refractivity contribution in [1.29, 1.82) is 0 Å². The fraction of sp³-hybridized carbons (Fsp3) is 0.217. The van der Waals surface area contributed by atoms with Crippen LogP contribution in [0.25, 0.3) is 22.2 Å². The summed E-state index contributed by atoms with van der Waals surface area (Å²) in [5.41, 5.74) is 10.2. The number of nitrogens with two attached hydrogens (primary N) is 1. The molecular weight excluding hydrogens is 348 g/mol. The van der Waals surface area contributed by atoms with Crippen molar-refractivity contribution in [2.24, 2.45) is 0 Å². The third-order valence-corrected chi connectivity index (χ3v) is 5.48. The van der Waals surface area contributed by atoms with Gasteiger partial charge in [0.2, 0.25) is 0 Å². The Kier molecular flexibility index (Phi) is 4.20. The number of pyridine rings is 1. The number of rotatable bonds is 4. The van der Waals surface area contributed by atoms with Crippen LogP contribution in [-0.2, 0) is 0 Å². The lowest BCUT2D eigenvalue weighted by molar-refractivity contribution is 0.483. The number of benzene rings is 2. The number of nitrogens with one attached hydrogen (secondary N) is 1. The molecule has 1 fully saturated rings. The topological polar surface area (TPSA) is 76.8 Å². The lowest BCUT2D eigenvalue weighted by Crippen LogP contribution is -2.00. The molecule has 2 aromatic carbocycles. The first kappa shape index (κ1) is 16.8. The van der Waals surface area contributed by atoms with Crippen molar-refractivity contribution in [3.8, 4) is 22.8 Å². The van der Waals surface area contributed by atoms with Gasteiger partial charge in [-0.25, -0.2) is 0 Å². The molecule has 2 heterocycles. The Hall–Kier alpha value is -3.34. The van der Waals surface area contributed by atoms with Crippen LogP contribution in [0.15, 0.2) is 60.7 Å². The monoisotopic (exact) mass is 370 g/mol. The van der Waals surface area contributed by atoms with E-state index in [-0.39, 0.29) is 0 Å². The van der Waals surface area contributed by atoms with E-state index in [1.165, 1.54) is 25.7 Å². The Morgan fingerprint density at radius 1 is 0.929 bits per heavy atom. The summed E-state index contributed by atoms with van der Waals surface area (Å²) in [6.07, 6.45) is 4.86. The molecule has 0 amide bonds. The van der Waals surface area contributed by atoms with Gasteiger partial charge in [-0.3, -0.25) is 10.1 Å². The lowest BCUT2D eigenvalue weighted by Gasteiger charge is -2.12. The molecule has 5 nitrogen and oxygen atoms in total. The number of nitrogen functional groups attached to an aromatic ring is 1. The summed E-state index contributed by atoms with van der Waals surface area (Å²) in [5, 5.41) is 8.26. The number of ether oxygens (including phenoxy) is 1. The molecule has 0 atom stereocenters. The van der Waals surface area contributed by atoms with E-state index in [0.717, 1.165) is 39.4 Å². The van der Waals surface area contributed by atoms with Crippen LogP contribution in [0.5, 0.6) is 11.5 Å². The van der Waals surface area contributed by atoms with E-state index in [2.05, 4.69) is 10.2 Å². The van der Waals surface area contributed by atoms with Crippen LogP contribution < -0.4 is 10.5 Å². The molecule has 3 N–H and O–H groups in total. The number of aromatic nitrogens is 3. The van der Waals surface area contributed by atoms with Crippen LogP contribution in [0.1, 0.15) is 37.3 Å². The summed E-state index contributed by atoms with van der Waals surface area (Å²) in [6.45, 7) is 0. The maximum Gasteiger partial charge on any atom is 0.153 e. The number of aromatic amines is 1. The quantitative estimate of drug-likeness (QED) is 0.486. The summed E-state index contributed by atoms with van der Waals surface area (Å²) in [4.78, 5) is 5.01. The molecule has 0 spiro atoms. The van der Waals surface area contributed by atoms with Crippen LogP contribution in [-0.4, -0.2) is 15.2 Å². The van der Waals surface area contributed by atoms with Crippen molar-refractivity contribution in [2.75, 3.05) is 5.73 Å². The van der Waals surface area contributed by atoms with Gasteiger partial charge in [0.15, 0.2) is 5.82 Å². The summed E-state index contributed by atoms with van der Waals surface area (Å²) < 4.78 is 5.90. The molecule has 5 heteroatoms. The van der Waals surface area contributed by atoms with Gasteiger partial charge < -0.3 is 10.5 Å². The van der Waals surface area contributed by atoms with Crippen molar-refractivity contribution < 1.29 is 4.74 Å². The second-order valence-corrected chi connectivity index (χ2v) is 7.35. The number of para-hydroxylation sites is 1. The predicted octanol–water partition coefficient (Wildman–Crippen LogP) is 5.66. The molecule has 0 aliphatic heterocycles. The first-order valence-corrected chi connectivity index (χ1v) is 9.76. The minimum atomic E-state index is 0.475. The SMILES string of the molecule is Nc1n[nH]c2c(C3CCCC3)nc(-c3ccc(Oc4ccccc4)cc3)cc12. The minimum absolute atomic E-state index is 0.475. The fourth-order valence-electron chi connectivity index (χ4n) is 4.02. The van der Waals surface area contributed by atoms with Crippen LogP contribution >= 0.6 is 0 Å². The summed E-state index contributed by atoms with van der Waals surface area (Å²) in [7, 11) is 0. The number of nitrogens with zero attached hydrogens (tertiary/aromatic N) is 2. The first-order chi connectivity index (χ1) is 13.8. The van der Waals surface area contributed by atoms with Crippen molar-refractivity contribution in [1.82, 2.24) is 15.2 Å². The van der Waals surface area contributed by atoms with E-state index < -0.39 is 0 Å². The third kappa shape index (κ3) is 3.09. The average Bonchev–Trinajstić information content (AvgIpc) is 3.39. The van der Waals surface area contributed by atoms with E-state index in [9.17, 15) is 0 Å². The van der Waals surface area contributed by atoms with Crippen LogP contribution in [0.2, 0.25) is 0 Å². The molecule has 1 aliphatic rings. The van der Waals surface area contributed by atoms with E-state index in [4.69, 9.17) is 15.5 Å². The zero-order valence-electron chi connectivity index (χ0n) is 15.6. The molecule has 0 saturated heterocycles. The van der Waals surface area contributed by atoms with Gasteiger partial charge in [0, 0.05) is 16.9 Å². The molecule has 0 bridgehead atoms. The van der Waals surface area contributed by atoms with Gasteiger partial charge >= 0.3 is 0 Å². The predicted molar refractivity (Wildman–Crippen MR) is 111 cm³/mol. The molecule has 0 radical (unpaired) electrons. The first-order valence-electron chi connectivity index (χ1n) is 9.76. The molecule has 1 aliphatic carbocycles. The van der Waals surface area contributed by atoms with Crippen molar-refractivity contribution in [3.05, 3.63) is 66.4 Å². The molecule has 0 unspecified atom stereocenters. The Morgan fingerprint density at radius 2 is 1.64 bits per heavy atom. The largest absolute Gasteiger partial charge is 0.457 e. The zero-order valence-corrected chi connectivity index (χ0v) is 15.6. The van der Waals surface area contributed by atoms with E-state index >= 15 is 0 Å².